The molecule has 0 saturated heterocycles. The lowest BCUT2D eigenvalue weighted by molar-refractivity contribution is -0.757. The minimum atomic E-state index is -4.43. The summed E-state index contributed by atoms with van der Waals surface area (Å²) in [5, 5.41) is 11.6. The van der Waals surface area contributed by atoms with Crippen LogP contribution in [0.2, 0.25) is 0 Å². The molecule has 1 aromatic carbocycles. The van der Waals surface area contributed by atoms with E-state index >= 15 is 0 Å². The second-order valence-electron chi connectivity index (χ2n) is 8.44. The Balaban J connectivity index is 1.76. The molecule has 0 fully saturated rings. The second kappa shape index (κ2) is 12.3. The third-order valence-electron chi connectivity index (χ3n) is 5.75. The van der Waals surface area contributed by atoms with Gasteiger partial charge in [-0.1, -0.05) is 6.92 Å². The first kappa shape index (κ1) is 30.3. The number of thiophene rings is 1. The number of hydrogen-bond acceptors (Lipinski definition) is 13. The number of ether oxygens (including phenoxy) is 2. The summed E-state index contributed by atoms with van der Waals surface area (Å²) in [4.78, 5) is 39.1. The van der Waals surface area contributed by atoms with E-state index in [9.17, 15) is 36.5 Å². The van der Waals surface area contributed by atoms with Crippen molar-refractivity contribution in [2.75, 3.05) is 20.3 Å². The van der Waals surface area contributed by atoms with Gasteiger partial charge in [-0.3, -0.25) is 9.59 Å². The molecule has 2 aromatic rings. The highest BCUT2D eigenvalue weighted by Gasteiger charge is 2.39. The molecule has 0 bridgehead atoms. The van der Waals surface area contributed by atoms with Crippen molar-refractivity contribution >= 4 is 43.1 Å². The van der Waals surface area contributed by atoms with Gasteiger partial charge < -0.3 is 19.6 Å². The standard InChI is InChI=1S/C22H27N3O11S3/c1-4-23-16-10-13(2)38(30,31)22-15(16)12-20(37-22)39(32,33)24-21(27)14-7-8-17(18(11-14)34-3)36-19(26)6-5-9-35-25(28)29/h7-8,11-13,16,23H,4-6,9-10H2,1-3H3,(H,24,27)/t13?,16-/m0/s1. The highest BCUT2D eigenvalue weighted by atomic mass is 32.3. The van der Waals surface area contributed by atoms with Gasteiger partial charge in [-0.15, -0.1) is 21.5 Å². The molecular formula is C22H27N3O11S3. The topological polar surface area (TPSA) is 197 Å². The minimum Gasteiger partial charge on any atom is -0.493 e. The van der Waals surface area contributed by atoms with Gasteiger partial charge in [0, 0.05) is 23.6 Å². The minimum absolute atomic E-state index is 0.0299. The van der Waals surface area contributed by atoms with Gasteiger partial charge in [0.05, 0.1) is 19.0 Å². The molecule has 39 heavy (non-hydrogen) atoms. The highest BCUT2D eigenvalue weighted by Crippen LogP contribution is 2.42. The SMILES string of the molecule is CCN[C@H]1CC(C)S(=O)(=O)c2sc(S(=O)(=O)NC(=O)c3ccc(OC(=O)CCCO[N+](=O)[O-])c(OC)c3)cc21. The van der Waals surface area contributed by atoms with Gasteiger partial charge >= 0.3 is 5.97 Å². The van der Waals surface area contributed by atoms with Crippen LogP contribution in [0.15, 0.2) is 32.7 Å². The van der Waals surface area contributed by atoms with E-state index in [-0.39, 0.29) is 57.4 Å². The number of sulfone groups is 1. The number of sulfonamides is 1. The third kappa shape index (κ3) is 7.03. The Morgan fingerprint density at radius 3 is 2.59 bits per heavy atom. The Morgan fingerprint density at radius 1 is 1.23 bits per heavy atom. The van der Waals surface area contributed by atoms with Crippen molar-refractivity contribution in [3.8, 4) is 11.5 Å². The summed E-state index contributed by atoms with van der Waals surface area (Å²) in [7, 11) is -6.91. The molecule has 1 aromatic heterocycles. The van der Waals surface area contributed by atoms with Crippen LogP contribution >= 0.6 is 11.3 Å². The summed E-state index contributed by atoms with van der Waals surface area (Å²) in [5.41, 5.74) is 0.216. The summed E-state index contributed by atoms with van der Waals surface area (Å²) in [5.74, 6) is -1.86. The van der Waals surface area contributed by atoms with E-state index in [1.165, 1.54) is 25.3 Å². The van der Waals surface area contributed by atoms with E-state index < -0.39 is 42.1 Å². The predicted octanol–water partition coefficient (Wildman–Crippen LogP) is 1.99. The van der Waals surface area contributed by atoms with Crippen LogP contribution in [0.5, 0.6) is 11.5 Å². The van der Waals surface area contributed by atoms with Crippen LogP contribution in [-0.4, -0.2) is 59.3 Å². The molecule has 0 saturated carbocycles. The second-order valence-corrected chi connectivity index (χ2v) is 14.0. The molecule has 0 spiro atoms. The van der Waals surface area contributed by atoms with Gasteiger partial charge in [-0.25, -0.2) is 21.6 Å². The fraction of sp³-hybridized carbons (Fsp3) is 0.455. The molecule has 17 heteroatoms. The molecule has 1 aliphatic heterocycles. The van der Waals surface area contributed by atoms with E-state index in [0.717, 1.165) is 6.07 Å². The van der Waals surface area contributed by atoms with Crippen LogP contribution in [0.4, 0.5) is 0 Å². The fourth-order valence-electron chi connectivity index (χ4n) is 3.82. The first-order valence-corrected chi connectivity index (χ1v) is 15.5. The lowest BCUT2D eigenvalue weighted by Crippen LogP contribution is -2.33. The molecule has 3 rings (SSSR count). The number of methoxy groups -OCH3 is 1. The molecule has 2 N–H and O–H groups in total. The third-order valence-corrected chi connectivity index (χ3v) is 11.4. The maximum absolute atomic E-state index is 13.0. The molecule has 14 nitrogen and oxygen atoms in total. The average Bonchev–Trinajstić information content (AvgIpc) is 3.33. The molecule has 1 aliphatic rings. The number of nitrogens with zero attached hydrogens (tertiary/aromatic N) is 1. The van der Waals surface area contributed by atoms with Crippen molar-refractivity contribution in [1.82, 2.24) is 10.0 Å². The summed E-state index contributed by atoms with van der Waals surface area (Å²) >= 11 is 0.587. The van der Waals surface area contributed by atoms with Gasteiger partial charge in [-0.05, 0) is 50.6 Å². The van der Waals surface area contributed by atoms with Crippen molar-refractivity contribution in [3.05, 3.63) is 45.5 Å². The molecular weight excluding hydrogens is 578 g/mol. The normalized spacial score (nSPS) is 18.0. The molecule has 0 radical (unpaired) electrons. The molecule has 1 amide bonds. The van der Waals surface area contributed by atoms with Crippen molar-refractivity contribution in [2.24, 2.45) is 0 Å². The summed E-state index contributed by atoms with van der Waals surface area (Å²) in [6, 6.07) is 4.52. The van der Waals surface area contributed by atoms with Gasteiger partial charge in [0.15, 0.2) is 21.3 Å². The lowest BCUT2D eigenvalue weighted by Gasteiger charge is -2.27. The van der Waals surface area contributed by atoms with Crippen LogP contribution in [0.1, 0.15) is 55.1 Å². The van der Waals surface area contributed by atoms with Gasteiger partial charge in [0.25, 0.3) is 21.0 Å². The Labute approximate surface area is 228 Å². The predicted molar refractivity (Wildman–Crippen MR) is 137 cm³/mol. The first-order chi connectivity index (χ1) is 18.3. The molecule has 1 unspecified atom stereocenters. The van der Waals surface area contributed by atoms with E-state index in [1.54, 1.807) is 6.92 Å². The van der Waals surface area contributed by atoms with E-state index in [4.69, 9.17) is 9.47 Å². The average molecular weight is 606 g/mol. The number of carbonyl (C=O) groups is 2. The van der Waals surface area contributed by atoms with Gasteiger partial charge in [0.1, 0.15) is 8.42 Å². The van der Waals surface area contributed by atoms with Gasteiger partial charge in [0.2, 0.25) is 0 Å². The number of hydrogen-bond donors (Lipinski definition) is 2. The Kier molecular flexibility index (Phi) is 9.52. The summed E-state index contributed by atoms with van der Waals surface area (Å²) < 4.78 is 63.6. The first-order valence-electron chi connectivity index (χ1n) is 11.6. The van der Waals surface area contributed by atoms with Crippen LogP contribution < -0.4 is 19.5 Å². The molecule has 214 valence electrons. The van der Waals surface area contributed by atoms with E-state index in [0.29, 0.717) is 23.4 Å². The van der Waals surface area contributed by atoms with Crippen molar-refractivity contribution in [3.63, 3.8) is 0 Å². The Morgan fingerprint density at radius 2 is 1.95 bits per heavy atom. The zero-order valence-electron chi connectivity index (χ0n) is 21.2. The number of benzene rings is 1. The quantitative estimate of drug-likeness (QED) is 0.117. The zero-order chi connectivity index (χ0) is 29.0. The number of nitrogens with one attached hydrogen (secondary N) is 2. The van der Waals surface area contributed by atoms with Crippen molar-refractivity contribution in [2.45, 2.75) is 52.8 Å². The van der Waals surface area contributed by atoms with Gasteiger partial charge in [-0.2, -0.15) is 0 Å². The van der Waals surface area contributed by atoms with Crippen molar-refractivity contribution in [1.29, 1.82) is 0 Å². The lowest BCUT2D eigenvalue weighted by atomic mass is 10.1. The number of amides is 1. The van der Waals surface area contributed by atoms with Crippen LogP contribution in [0.25, 0.3) is 0 Å². The Hall–Kier alpha value is -3.28. The number of carbonyl (C=O) groups excluding carboxylic acids is 2. The van der Waals surface area contributed by atoms with Crippen LogP contribution in [0.3, 0.4) is 0 Å². The van der Waals surface area contributed by atoms with Crippen LogP contribution in [-0.2, 0) is 29.5 Å². The zero-order valence-corrected chi connectivity index (χ0v) is 23.6. The van der Waals surface area contributed by atoms with Crippen molar-refractivity contribution < 1.29 is 45.8 Å². The number of esters is 1. The number of fused-ring (bicyclic) bond motifs is 1. The molecule has 0 aliphatic carbocycles. The Bertz CT molecular complexity index is 1470. The summed E-state index contributed by atoms with van der Waals surface area (Å²) in [6.45, 7) is 3.68. The highest BCUT2D eigenvalue weighted by molar-refractivity contribution is 7.95. The smallest absolute Gasteiger partial charge is 0.311 e. The number of rotatable bonds is 12. The fourth-order valence-corrected chi connectivity index (χ4v) is 8.80. The molecule has 2 heterocycles. The van der Waals surface area contributed by atoms with E-state index in [1.807, 2.05) is 11.6 Å². The summed E-state index contributed by atoms with van der Waals surface area (Å²) in [6.07, 6.45) is 0.128. The maximum atomic E-state index is 13.0. The maximum Gasteiger partial charge on any atom is 0.311 e. The largest absolute Gasteiger partial charge is 0.493 e. The van der Waals surface area contributed by atoms with Crippen LogP contribution in [0, 0.1) is 10.1 Å². The molecule has 2 atom stereocenters. The monoisotopic (exact) mass is 605 g/mol. The van der Waals surface area contributed by atoms with E-state index in [2.05, 4.69) is 10.2 Å².